The quantitative estimate of drug-likeness (QED) is 0.710. The van der Waals surface area contributed by atoms with Crippen LogP contribution in [-0.2, 0) is 22.6 Å². The molecule has 2 atom stereocenters. The van der Waals surface area contributed by atoms with E-state index in [4.69, 9.17) is 11.6 Å². The highest BCUT2D eigenvalue weighted by molar-refractivity contribution is 6.30. The molecule has 28 heavy (non-hydrogen) atoms. The lowest BCUT2D eigenvalue weighted by molar-refractivity contribution is -0.140. The average Bonchev–Trinajstić information content (AvgIpc) is 2.68. The van der Waals surface area contributed by atoms with E-state index >= 15 is 0 Å². The molecule has 2 rings (SSSR count). The number of rotatable bonds is 8. The summed E-state index contributed by atoms with van der Waals surface area (Å²) in [6.07, 6.45) is 0.953. The van der Waals surface area contributed by atoms with Crippen molar-refractivity contribution in [3.63, 3.8) is 0 Å². The molecule has 0 saturated heterocycles. The first kappa shape index (κ1) is 21.9. The zero-order valence-corrected chi connectivity index (χ0v) is 17.2. The summed E-state index contributed by atoms with van der Waals surface area (Å²) in [5.74, 6) is -0.732. The molecule has 0 radical (unpaired) electrons. The summed E-state index contributed by atoms with van der Waals surface area (Å²) in [4.78, 5) is 27.2. The van der Waals surface area contributed by atoms with Gasteiger partial charge in [0.05, 0.1) is 6.42 Å². The van der Waals surface area contributed by atoms with Gasteiger partial charge in [-0.15, -0.1) is 0 Å². The molecule has 2 aromatic carbocycles. The predicted molar refractivity (Wildman–Crippen MR) is 109 cm³/mol. The fourth-order valence-corrected chi connectivity index (χ4v) is 2.84. The van der Waals surface area contributed by atoms with Crippen LogP contribution in [0, 0.1) is 5.82 Å². The van der Waals surface area contributed by atoms with Gasteiger partial charge in [0.15, 0.2) is 0 Å². The maximum absolute atomic E-state index is 13.2. The fourth-order valence-electron chi connectivity index (χ4n) is 2.71. The van der Waals surface area contributed by atoms with Gasteiger partial charge in [-0.05, 0) is 55.7 Å². The van der Waals surface area contributed by atoms with Crippen LogP contribution in [0.4, 0.5) is 4.39 Å². The van der Waals surface area contributed by atoms with Crippen molar-refractivity contribution in [2.24, 2.45) is 0 Å². The molecule has 2 amide bonds. The fraction of sp³-hybridized carbons (Fsp3) is 0.364. The molecule has 2 aromatic rings. The Morgan fingerprint density at radius 1 is 1.04 bits per heavy atom. The van der Waals surface area contributed by atoms with Gasteiger partial charge >= 0.3 is 0 Å². The number of carbonyl (C=O) groups is 2. The first-order valence-electron chi connectivity index (χ1n) is 9.39. The second-order valence-electron chi connectivity index (χ2n) is 6.95. The van der Waals surface area contributed by atoms with Gasteiger partial charge in [0, 0.05) is 17.6 Å². The molecule has 0 saturated carbocycles. The van der Waals surface area contributed by atoms with Gasteiger partial charge in [-0.1, -0.05) is 42.8 Å². The van der Waals surface area contributed by atoms with Crippen molar-refractivity contribution in [2.75, 3.05) is 0 Å². The Morgan fingerprint density at radius 2 is 1.61 bits per heavy atom. The Bertz CT molecular complexity index is 793. The maximum atomic E-state index is 13.2. The molecule has 0 aromatic heterocycles. The first-order valence-corrected chi connectivity index (χ1v) is 9.76. The van der Waals surface area contributed by atoms with Crippen molar-refractivity contribution >= 4 is 23.4 Å². The molecular weight excluding hydrogens is 379 g/mol. The zero-order chi connectivity index (χ0) is 20.7. The molecule has 150 valence electrons. The lowest BCUT2D eigenvalue weighted by atomic mass is 10.1. The Hall–Kier alpha value is -2.40. The monoisotopic (exact) mass is 404 g/mol. The van der Waals surface area contributed by atoms with Gasteiger partial charge in [-0.25, -0.2) is 4.39 Å². The van der Waals surface area contributed by atoms with Gasteiger partial charge in [0.25, 0.3) is 0 Å². The number of hydrogen-bond donors (Lipinski definition) is 1. The lowest BCUT2D eigenvalue weighted by Crippen LogP contribution is -2.49. The summed E-state index contributed by atoms with van der Waals surface area (Å²) in [5.41, 5.74) is 1.57. The number of nitrogens with zero attached hydrogens (tertiary/aromatic N) is 1. The molecule has 0 bridgehead atoms. The van der Waals surface area contributed by atoms with Crippen LogP contribution in [0.3, 0.4) is 0 Å². The van der Waals surface area contributed by atoms with Gasteiger partial charge in [0.2, 0.25) is 11.8 Å². The summed E-state index contributed by atoms with van der Waals surface area (Å²) in [5, 5.41) is 3.52. The molecule has 6 heteroatoms. The third kappa shape index (κ3) is 6.34. The van der Waals surface area contributed by atoms with E-state index in [9.17, 15) is 14.0 Å². The second-order valence-corrected chi connectivity index (χ2v) is 7.38. The summed E-state index contributed by atoms with van der Waals surface area (Å²) < 4.78 is 13.2. The highest BCUT2D eigenvalue weighted by Crippen LogP contribution is 2.15. The molecule has 0 heterocycles. The van der Waals surface area contributed by atoms with E-state index in [0.717, 1.165) is 17.5 Å². The SMILES string of the molecule is CCC(C)NC(=O)C(C)N(Cc1ccc(F)cc1)C(=O)Cc1ccc(Cl)cc1. The van der Waals surface area contributed by atoms with E-state index in [1.54, 1.807) is 43.3 Å². The molecule has 0 aliphatic heterocycles. The molecule has 4 nitrogen and oxygen atoms in total. The number of halogens is 2. The predicted octanol–water partition coefficient (Wildman–Crippen LogP) is 4.35. The minimum absolute atomic E-state index is 0.0222. The van der Waals surface area contributed by atoms with Crippen LogP contribution in [0.1, 0.15) is 38.3 Å². The number of benzene rings is 2. The van der Waals surface area contributed by atoms with E-state index < -0.39 is 6.04 Å². The van der Waals surface area contributed by atoms with Crippen LogP contribution < -0.4 is 5.32 Å². The van der Waals surface area contributed by atoms with E-state index in [0.29, 0.717) is 5.02 Å². The van der Waals surface area contributed by atoms with E-state index in [1.165, 1.54) is 17.0 Å². The Morgan fingerprint density at radius 3 is 2.18 bits per heavy atom. The summed E-state index contributed by atoms with van der Waals surface area (Å²) in [6, 6.07) is 12.4. The summed E-state index contributed by atoms with van der Waals surface area (Å²) in [6.45, 7) is 5.84. The molecule has 0 aliphatic carbocycles. The van der Waals surface area contributed by atoms with Crippen molar-refractivity contribution < 1.29 is 14.0 Å². The maximum Gasteiger partial charge on any atom is 0.242 e. The van der Waals surface area contributed by atoms with Crippen LogP contribution in [0.15, 0.2) is 48.5 Å². The summed E-state index contributed by atoms with van der Waals surface area (Å²) >= 11 is 5.91. The second kappa shape index (κ2) is 10.2. The Kier molecular flexibility index (Phi) is 8.00. The van der Waals surface area contributed by atoms with E-state index in [-0.39, 0.29) is 36.6 Å². The minimum Gasteiger partial charge on any atom is -0.352 e. The highest BCUT2D eigenvalue weighted by atomic mass is 35.5. The Labute approximate surface area is 170 Å². The van der Waals surface area contributed by atoms with Crippen LogP contribution in [-0.4, -0.2) is 28.8 Å². The normalized spacial score (nSPS) is 12.9. The van der Waals surface area contributed by atoms with Gasteiger partial charge in [-0.3, -0.25) is 9.59 Å². The largest absolute Gasteiger partial charge is 0.352 e. The number of nitrogens with one attached hydrogen (secondary N) is 1. The first-order chi connectivity index (χ1) is 13.3. The van der Waals surface area contributed by atoms with Crippen molar-refractivity contribution in [1.82, 2.24) is 10.2 Å². The number of carbonyl (C=O) groups excluding carboxylic acids is 2. The van der Waals surface area contributed by atoms with Crippen molar-refractivity contribution in [3.8, 4) is 0 Å². The molecular formula is C22H26ClFN2O2. The van der Waals surface area contributed by atoms with Gasteiger partial charge in [0.1, 0.15) is 11.9 Å². The smallest absolute Gasteiger partial charge is 0.242 e. The van der Waals surface area contributed by atoms with Gasteiger partial charge in [-0.2, -0.15) is 0 Å². The van der Waals surface area contributed by atoms with Gasteiger partial charge < -0.3 is 10.2 Å². The summed E-state index contributed by atoms with van der Waals surface area (Å²) in [7, 11) is 0. The molecule has 0 fully saturated rings. The number of amides is 2. The van der Waals surface area contributed by atoms with E-state index in [1.807, 2.05) is 13.8 Å². The van der Waals surface area contributed by atoms with Crippen molar-refractivity contribution in [1.29, 1.82) is 0 Å². The molecule has 2 unspecified atom stereocenters. The van der Waals surface area contributed by atoms with Crippen LogP contribution in [0.25, 0.3) is 0 Å². The molecule has 1 N–H and O–H groups in total. The number of hydrogen-bond acceptors (Lipinski definition) is 2. The van der Waals surface area contributed by atoms with E-state index in [2.05, 4.69) is 5.32 Å². The highest BCUT2D eigenvalue weighted by Gasteiger charge is 2.26. The third-order valence-electron chi connectivity index (χ3n) is 4.70. The Balaban J connectivity index is 2.20. The van der Waals surface area contributed by atoms with Crippen molar-refractivity contribution in [2.45, 2.75) is 52.2 Å². The average molecular weight is 405 g/mol. The van der Waals surface area contributed by atoms with Crippen LogP contribution in [0.2, 0.25) is 5.02 Å². The lowest BCUT2D eigenvalue weighted by Gasteiger charge is -2.30. The molecule has 0 spiro atoms. The zero-order valence-electron chi connectivity index (χ0n) is 16.4. The molecule has 0 aliphatic rings. The topological polar surface area (TPSA) is 49.4 Å². The standard InChI is InChI=1S/C22H26ClFN2O2/c1-4-15(2)25-22(28)16(3)26(14-18-7-11-20(24)12-8-18)21(27)13-17-5-9-19(23)10-6-17/h5-12,15-16H,4,13-14H2,1-3H3,(H,25,28). The van der Waals surface area contributed by atoms with Crippen LogP contribution in [0.5, 0.6) is 0 Å². The minimum atomic E-state index is -0.654. The van der Waals surface area contributed by atoms with Crippen LogP contribution >= 0.6 is 11.6 Å². The third-order valence-corrected chi connectivity index (χ3v) is 4.96. The van der Waals surface area contributed by atoms with Crippen molar-refractivity contribution in [3.05, 3.63) is 70.5 Å².